The summed E-state index contributed by atoms with van der Waals surface area (Å²) in [5.41, 5.74) is 0.393. The molecule has 2 atom stereocenters. The van der Waals surface area contributed by atoms with Crippen LogP contribution < -0.4 is 10.6 Å². The molecular weight excluding hydrogens is 372 g/mol. The van der Waals surface area contributed by atoms with E-state index in [1.54, 1.807) is 81.4 Å². The van der Waals surface area contributed by atoms with Gasteiger partial charge in [-0.05, 0) is 31.9 Å². The van der Waals surface area contributed by atoms with E-state index in [4.69, 9.17) is 9.47 Å². The van der Waals surface area contributed by atoms with Crippen LogP contribution in [0, 0.1) is 0 Å². The monoisotopic (exact) mass is 398 g/mol. The topological polar surface area (TPSA) is 93.7 Å². The molecule has 0 spiro atoms. The van der Waals surface area contributed by atoms with Crippen molar-refractivity contribution in [1.29, 1.82) is 0 Å². The molecule has 0 aliphatic rings. The molecular formula is C22H26N2O5. The molecule has 0 saturated carbocycles. The highest BCUT2D eigenvalue weighted by molar-refractivity contribution is 5.91. The number of carbonyl (C=O) groups excluding carboxylic acids is 3. The lowest BCUT2D eigenvalue weighted by atomic mass is 10.0. The lowest BCUT2D eigenvalue weighted by Gasteiger charge is -2.25. The van der Waals surface area contributed by atoms with E-state index in [1.807, 2.05) is 0 Å². The number of nitrogens with one attached hydrogen (secondary N) is 2. The third kappa shape index (κ3) is 6.64. The van der Waals surface area contributed by atoms with Crippen LogP contribution in [0.15, 0.2) is 60.7 Å². The second kappa shape index (κ2) is 9.73. The number of methoxy groups -OCH3 is 1. The Morgan fingerprint density at radius 2 is 1.28 bits per heavy atom. The first-order chi connectivity index (χ1) is 13.7. The highest BCUT2D eigenvalue weighted by Crippen LogP contribution is 2.19. The van der Waals surface area contributed by atoms with Crippen LogP contribution in [0.4, 0.5) is 4.79 Å². The molecule has 0 aromatic heterocycles. The number of benzene rings is 2. The molecule has 2 aromatic rings. The van der Waals surface area contributed by atoms with Gasteiger partial charge in [-0.1, -0.05) is 60.7 Å². The van der Waals surface area contributed by atoms with Crippen LogP contribution in [0.3, 0.4) is 0 Å². The molecule has 0 heterocycles. The van der Waals surface area contributed by atoms with Gasteiger partial charge in [0, 0.05) is 0 Å². The van der Waals surface area contributed by atoms with Crippen LogP contribution in [-0.4, -0.2) is 30.7 Å². The van der Waals surface area contributed by atoms with Crippen LogP contribution in [0.5, 0.6) is 0 Å². The van der Waals surface area contributed by atoms with Crippen LogP contribution in [-0.2, 0) is 19.1 Å². The van der Waals surface area contributed by atoms with Crippen molar-refractivity contribution < 1.29 is 23.9 Å². The Morgan fingerprint density at radius 3 is 1.72 bits per heavy atom. The van der Waals surface area contributed by atoms with Gasteiger partial charge < -0.3 is 20.1 Å². The molecule has 0 fully saturated rings. The molecule has 0 aliphatic heterocycles. The maximum Gasteiger partial charge on any atom is 0.408 e. The van der Waals surface area contributed by atoms with Gasteiger partial charge in [0.2, 0.25) is 5.91 Å². The molecule has 2 amide bonds. The molecule has 0 aliphatic carbocycles. The maximum absolute atomic E-state index is 13.1. The van der Waals surface area contributed by atoms with E-state index in [2.05, 4.69) is 10.6 Å². The zero-order valence-corrected chi connectivity index (χ0v) is 17.0. The Hall–Kier alpha value is -3.35. The Bertz CT molecular complexity index is 831. The minimum atomic E-state index is -1.05. The number of esters is 1. The summed E-state index contributed by atoms with van der Waals surface area (Å²) in [6.45, 7) is 5.19. The molecule has 0 saturated heterocycles. The van der Waals surface area contributed by atoms with Crippen molar-refractivity contribution in [1.82, 2.24) is 10.6 Å². The molecule has 2 N–H and O–H groups in total. The second-order valence-electron chi connectivity index (χ2n) is 7.37. The van der Waals surface area contributed by atoms with Crippen LogP contribution in [0.1, 0.15) is 44.0 Å². The van der Waals surface area contributed by atoms with Crippen molar-refractivity contribution in [3.8, 4) is 0 Å². The van der Waals surface area contributed by atoms with Gasteiger partial charge in [0.15, 0.2) is 6.04 Å². The fourth-order valence-corrected chi connectivity index (χ4v) is 2.64. The number of ether oxygens (including phenoxy) is 2. The van der Waals surface area contributed by atoms with Crippen molar-refractivity contribution in [3.05, 3.63) is 71.8 Å². The second-order valence-corrected chi connectivity index (χ2v) is 7.37. The van der Waals surface area contributed by atoms with E-state index in [-0.39, 0.29) is 0 Å². The molecule has 1 unspecified atom stereocenters. The molecule has 0 radical (unpaired) electrons. The molecule has 154 valence electrons. The summed E-state index contributed by atoms with van der Waals surface area (Å²) in [6, 6.07) is 15.4. The summed E-state index contributed by atoms with van der Waals surface area (Å²) in [5, 5.41) is 5.25. The van der Waals surface area contributed by atoms with Crippen molar-refractivity contribution in [2.45, 2.75) is 38.5 Å². The maximum atomic E-state index is 13.1. The first-order valence-corrected chi connectivity index (χ1v) is 9.19. The largest absolute Gasteiger partial charge is 0.467 e. The van der Waals surface area contributed by atoms with E-state index in [1.165, 1.54) is 7.11 Å². The molecule has 29 heavy (non-hydrogen) atoms. The molecule has 2 rings (SSSR count). The van der Waals surface area contributed by atoms with Gasteiger partial charge in [-0.2, -0.15) is 0 Å². The van der Waals surface area contributed by atoms with Crippen LogP contribution in [0.2, 0.25) is 0 Å². The highest BCUT2D eigenvalue weighted by atomic mass is 16.6. The van der Waals surface area contributed by atoms with Gasteiger partial charge in [0.05, 0.1) is 7.11 Å². The Labute approximate surface area is 170 Å². The van der Waals surface area contributed by atoms with E-state index in [0.29, 0.717) is 11.1 Å². The quantitative estimate of drug-likeness (QED) is 0.729. The van der Waals surface area contributed by atoms with Crippen molar-refractivity contribution in [3.63, 3.8) is 0 Å². The smallest absolute Gasteiger partial charge is 0.408 e. The SMILES string of the molecule is COC(=O)C(NC(=O)[C@H](NC(=O)OC(C)(C)C)c1ccccc1)c1ccccc1. The summed E-state index contributed by atoms with van der Waals surface area (Å²) in [4.78, 5) is 37.6. The zero-order chi connectivity index (χ0) is 21.4. The minimum Gasteiger partial charge on any atom is -0.467 e. The summed E-state index contributed by atoms with van der Waals surface area (Å²) in [6.07, 6.45) is -0.740. The van der Waals surface area contributed by atoms with Gasteiger partial charge in [-0.15, -0.1) is 0 Å². The first-order valence-electron chi connectivity index (χ1n) is 9.19. The van der Waals surface area contributed by atoms with Gasteiger partial charge in [0.25, 0.3) is 0 Å². The van der Waals surface area contributed by atoms with Gasteiger partial charge in [0.1, 0.15) is 11.6 Å². The predicted molar refractivity (Wildman–Crippen MR) is 108 cm³/mol. The van der Waals surface area contributed by atoms with Crippen LogP contribution >= 0.6 is 0 Å². The average molecular weight is 398 g/mol. The molecule has 2 aromatic carbocycles. The van der Waals surface area contributed by atoms with Crippen LogP contribution in [0.25, 0.3) is 0 Å². The third-order valence-electron chi connectivity index (χ3n) is 3.91. The summed E-state index contributed by atoms with van der Waals surface area (Å²) in [5.74, 6) is -1.19. The minimum absolute atomic E-state index is 0.549. The summed E-state index contributed by atoms with van der Waals surface area (Å²) < 4.78 is 10.1. The first kappa shape index (κ1) is 21.9. The molecule has 7 nitrogen and oxygen atoms in total. The van der Waals surface area contributed by atoms with Crippen molar-refractivity contribution in [2.24, 2.45) is 0 Å². The molecule has 0 bridgehead atoms. The lowest BCUT2D eigenvalue weighted by Crippen LogP contribution is -2.45. The number of hydrogen-bond donors (Lipinski definition) is 2. The molecule has 7 heteroatoms. The average Bonchev–Trinajstić information content (AvgIpc) is 2.69. The van der Waals surface area contributed by atoms with Crippen molar-refractivity contribution in [2.75, 3.05) is 7.11 Å². The van der Waals surface area contributed by atoms with E-state index < -0.39 is 35.7 Å². The summed E-state index contributed by atoms with van der Waals surface area (Å²) in [7, 11) is 1.25. The normalized spacial score (nSPS) is 13.0. The van der Waals surface area contributed by atoms with Gasteiger partial charge >= 0.3 is 12.1 Å². The van der Waals surface area contributed by atoms with Gasteiger partial charge in [-0.25, -0.2) is 9.59 Å². The van der Waals surface area contributed by atoms with E-state index in [0.717, 1.165) is 0 Å². The number of amides is 2. The van der Waals surface area contributed by atoms with Gasteiger partial charge in [-0.3, -0.25) is 4.79 Å². The van der Waals surface area contributed by atoms with Crippen molar-refractivity contribution >= 4 is 18.0 Å². The zero-order valence-electron chi connectivity index (χ0n) is 17.0. The predicted octanol–water partition coefficient (Wildman–Crippen LogP) is 3.28. The Balaban J connectivity index is 2.28. The number of hydrogen-bond acceptors (Lipinski definition) is 5. The van der Waals surface area contributed by atoms with E-state index in [9.17, 15) is 14.4 Å². The standard InChI is InChI=1S/C22H26N2O5/c1-22(2,3)29-21(27)24-17(15-11-7-5-8-12-15)19(25)23-18(20(26)28-4)16-13-9-6-10-14-16/h5-14,17-18H,1-4H3,(H,23,25)(H,24,27)/t17-,18?/m1/s1. The third-order valence-corrected chi connectivity index (χ3v) is 3.91. The highest BCUT2D eigenvalue weighted by Gasteiger charge is 2.30. The number of rotatable bonds is 6. The Morgan fingerprint density at radius 1 is 0.793 bits per heavy atom. The Kier molecular flexibility index (Phi) is 7.36. The fraction of sp³-hybridized carbons (Fsp3) is 0.318. The summed E-state index contributed by atoms with van der Waals surface area (Å²) >= 11 is 0. The van der Waals surface area contributed by atoms with E-state index >= 15 is 0 Å². The number of alkyl carbamates (subject to hydrolysis) is 1. The fourth-order valence-electron chi connectivity index (χ4n) is 2.64. The lowest BCUT2D eigenvalue weighted by molar-refractivity contribution is -0.145. The number of carbonyl (C=O) groups is 3.